The molecule has 1 aliphatic rings. The molecule has 65 heavy (non-hydrogen) atoms. The van der Waals surface area contributed by atoms with Crippen molar-refractivity contribution in [3.8, 4) is 0 Å². The smallest absolute Gasteiger partial charge is 0.220 e. The monoisotopic (exact) mass is 922 g/mol. The third-order valence-corrected chi connectivity index (χ3v) is 13.5. The molecule has 1 fully saturated rings. The Morgan fingerprint density at radius 3 is 1.28 bits per heavy atom. The number of unbranched alkanes of at least 4 members (excludes halogenated alkanes) is 36. The fraction of sp³-hybridized carbons (Fsp3) is 0.911. The first-order chi connectivity index (χ1) is 31.8. The van der Waals surface area contributed by atoms with Gasteiger partial charge in [0.15, 0.2) is 6.29 Å². The van der Waals surface area contributed by atoms with E-state index in [2.05, 4.69) is 31.3 Å². The number of carbonyl (C=O) groups excluding carboxylic acids is 1. The van der Waals surface area contributed by atoms with Crippen LogP contribution in [0.5, 0.6) is 0 Å². The Hall–Kier alpha value is -1.33. The highest BCUT2D eigenvalue weighted by molar-refractivity contribution is 5.76. The number of hydrogen-bond donors (Lipinski definition) is 6. The summed E-state index contributed by atoms with van der Waals surface area (Å²) < 4.78 is 11.1. The van der Waals surface area contributed by atoms with Gasteiger partial charge in [-0.2, -0.15) is 0 Å². The van der Waals surface area contributed by atoms with Crippen LogP contribution in [0.15, 0.2) is 24.3 Å². The largest absolute Gasteiger partial charge is 0.394 e. The number of aliphatic hydroxyl groups is 5. The van der Waals surface area contributed by atoms with Crippen molar-refractivity contribution < 1.29 is 39.8 Å². The van der Waals surface area contributed by atoms with Crippen LogP contribution in [0.2, 0.25) is 0 Å². The molecular weight excluding hydrogens is 815 g/mol. The number of carbonyl (C=O) groups is 1. The number of aliphatic hydroxyl groups excluding tert-OH is 5. The molecule has 0 radical (unpaired) electrons. The third-order valence-electron chi connectivity index (χ3n) is 13.5. The fourth-order valence-corrected chi connectivity index (χ4v) is 9.04. The summed E-state index contributed by atoms with van der Waals surface area (Å²) in [6.07, 6.45) is 52.0. The molecule has 0 aliphatic carbocycles. The average molecular weight is 922 g/mol. The first-order valence-corrected chi connectivity index (χ1v) is 28.1. The molecule has 6 N–H and O–H groups in total. The van der Waals surface area contributed by atoms with E-state index in [1.54, 1.807) is 6.08 Å². The predicted octanol–water partition coefficient (Wildman–Crippen LogP) is 13.4. The highest BCUT2D eigenvalue weighted by atomic mass is 16.7. The third kappa shape index (κ3) is 36.3. The van der Waals surface area contributed by atoms with Gasteiger partial charge in [0.05, 0.1) is 25.4 Å². The Morgan fingerprint density at radius 1 is 0.508 bits per heavy atom. The van der Waals surface area contributed by atoms with Gasteiger partial charge in [0.1, 0.15) is 24.4 Å². The van der Waals surface area contributed by atoms with E-state index >= 15 is 0 Å². The lowest BCUT2D eigenvalue weighted by atomic mass is 9.99. The molecule has 7 unspecified atom stereocenters. The second-order valence-corrected chi connectivity index (χ2v) is 19.7. The van der Waals surface area contributed by atoms with E-state index in [9.17, 15) is 30.3 Å². The number of rotatable bonds is 48. The van der Waals surface area contributed by atoms with Crippen LogP contribution in [0.25, 0.3) is 0 Å². The number of amides is 1. The van der Waals surface area contributed by atoms with Gasteiger partial charge < -0.3 is 40.3 Å². The maximum absolute atomic E-state index is 12.9. The molecule has 1 saturated heterocycles. The van der Waals surface area contributed by atoms with E-state index in [1.807, 2.05) is 6.08 Å². The lowest BCUT2D eigenvalue weighted by molar-refractivity contribution is -0.302. The lowest BCUT2D eigenvalue weighted by Gasteiger charge is -2.40. The van der Waals surface area contributed by atoms with E-state index in [4.69, 9.17) is 9.47 Å². The summed E-state index contributed by atoms with van der Waals surface area (Å²) in [4.78, 5) is 12.9. The van der Waals surface area contributed by atoms with Crippen LogP contribution in [0.3, 0.4) is 0 Å². The number of hydrogen-bond acceptors (Lipinski definition) is 8. The summed E-state index contributed by atoms with van der Waals surface area (Å²) in [6.45, 7) is 3.67. The predicted molar refractivity (Wildman–Crippen MR) is 272 cm³/mol. The molecule has 9 heteroatoms. The summed E-state index contributed by atoms with van der Waals surface area (Å²) in [5.41, 5.74) is 0. The minimum Gasteiger partial charge on any atom is -0.394 e. The van der Waals surface area contributed by atoms with Crippen molar-refractivity contribution in [2.24, 2.45) is 0 Å². The normalized spacial score (nSPS) is 20.0. The first kappa shape index (κ1) is 61.7. The zero-order valence-corrected chi connectivity index (χ0v) is 42.5. The van der Waals surface area contributed by atoms with Gasteiger partial charge in [0, 0.05) is 6.42 Å². The van der Waals surface area contributed by atoms with Gasteiger partial charge in [-0.15, -0.1) is 0 Å². The van der Waals surface area contributed by atoms with Crippen LogP contribution < -0.4 is 5.32 Å². The molecule has 1 aliphatic heterocycles. The molecule has 1 heterocycles. The van der Waals surface area contributed by atoms with E-state index in [1.165, 1.54) is 205 Å². The quantitative estimate of drug-likeness (QED) is 0.0261. The summed E-state index contributed by atoms with van der Waals surface area (Å²) in [6, 6.07) is -0.797. The second kappa shape index (κ2) is 46.4. The molecule has 0 bridgehead atoms. The zero-order chi connectivity index (χ0) is 47.3. The van der Waals surface area contributed by atoms with Crippen LogP contribution in [-0.4, -0.2) is 87.5 Å². The zero-order valence-electron chi connectivity index (χ0n) is 42.5. The molecule has 0 aromatic heterocycles. The molecular formula is C56H107NO8. The highest BCUT2D eigenvalue weighted by Crippen LogP contribution is 2.23. The van der Waals surface area contributed by atoms with Crippen LogP contribution in [0.4, 0.5) is 0 Å². The highest BCUT2D eigenvalue weighted by Gasteiger charge is 2.44. The van der Waals surface area contributed by atoms with E-state index in [0.717, 1.165) is 44.9 Å². The number of nitrogens with one attached hydrogen (secondary N) is 1. The van der Waals surface area contributed by atoms with Gasteiger partial charge in [-0.25, -0.2) is 0 Å². The Morgan fingerprint density at radius 2 is 0.862 bits per heavy atom. The van der Waals surface area contributed by atoms with E-state index < -0.39 is 49.5 Å². The van der Waals surface area contributed by atoms with Crippen LogP contribution in [0, 0.1) is 0 Å². The maximum Gasteiger partial charge on any atom is 0.220 e. The second-order valence-electron chi connectivity index (χ2n) is 19.7. The molecule has 1 amide bonds. The van der Waals surface area contributed by atoms with Gasteiger partial charge in [-0.3, -0.25) is 4.79 Å². The molecule has 7 atom stereocenters. The van der Waals surface area contributed by atoms with Crippen molar-refractivity contribution in [3.05, 3.63) is 24.3 Å². The van der Waals surface area contributed by atoms with Crippen LogP contribution in [-0.2, 0) is 14.3 Å². The Balaban J connectivity index is 1.93. The van der Waals surface area contributed by atoms with Crippen molar-refractivity contribution in [2.75, 3.05) is 13.2 Å². The summed E-state index contributed by atoms with van der Waals surface area (Å²) in [5, 5.41) is 53.8. The van der Waals surface area contributed by atoms with Crippen molar-refractivity contribution in [3.63, 3.8) is 0 Å². The van der Waals surface area contributed by atoms with Gasteiger partial charge in [-0.05, 0) is 44.9 Å². The fourth-order valence-electron chi connectivity index (χ4n) is 9.04. The van der Waals surface area contributed by atoms with Crippen molar-refractivity contribution in [2.45, 2.75) is 314 Å². The summed E-state index contributed by atoms with van der Waals surface area (Å²) >= 11 is 0. The van der Waals surface area contributed by atoms with Gasteiger partial charge in [-0.1, -0.05) is 244 Å². The Kier molecular flexibility index (Phi) is 44.0. The topological polar surface area (TPSA) is 149 Å². The molecule has 384 valence electrons. The Bertz CT molecular complexity index is 1070. The standard InChI is InChI=1S/C56H107NO8/c1-3-5-7-9-10-11-12-13-14-15-16-17-18-19-20-21-22-23-24-25-26-27-28-29-30-31-32-33-34-35-36-37-38-39-40-42-44-46-52(60)57-49(50(59)45-43-41-8-6-4-2)48-64-56-55(63)54(62)53(61)51(47-58)65-56/h15-16,43,45,49-51,53-56,58-59,61-63H,3-14,17-42,44,46-48H2,1-2H3,(H,57,60)/b16-15-,45-43+. The number of ether oxygens (including phenoxy) is 2. The SMILES string of the molecule is CCCCC/C=C/C(O)C(COC1OC(CO)C(O)C(O)C1O)NC(=O)CCCCCCCCCCCCCCCCCCCCCCCCCCC/C=C\CCCCCCCCCC. The summed E-state index contributed by atoms with van der Waals surface area (Å²) in [5.74, 6) is -0.180. The van der Waals surface area contributed by atoms with Gasteiger partial charge >= 0.3 is 0 Å². The Labute approximate surface area is 400 Å². The van der Waals surface area contributed by atoms with Crippen LogP contribution in [0.1, 0.15) is 271 Å². The van der Waals surface area contributed by atoms with Gasteiger partial charge in [0.25, 0.3) is 0 Å². The molecule has 0 spiro atoms. The minimum absolute atomic E-state index is 0.180. The molecule has 9 nitrogen and oxygen atoms in total. The molecule has 0 aromatic rings. The maximum atomic E-state index is 12.9. The molecule has 0 aromatic carbocycles. The molecule has 0 saturated carbocycles. The lowest BCUT2D eigenvalue weighted by Crippen LogP contribution is -2.60. The van der Waals surface area contributed by atoms with E-state index in [-0.39, 0.29) is 12.5 Å². The molecule has 1 rings (SSSR count). The summed E-state index contributed by atoms with van der Waals surface area (Å²) in [7, 11) is 0. The van der Waals surface area contributed by atoms with Crippen LogP contribution >= 0.6 is 0 Å². The average Bonchev–Trinajstić information content (AvgIpc) is 3.31. The van der Waals surface area contributed by atoms with Crippen molar-refractivity contribution >= 4 is 5.91 Å². The number of allylic oxidation sites excluding steroid dienone is 3. The minimum atomic E-state index is -1.56. The van der Waals surface area contributed by atoms with Crippen molar-refractivity contribution in [1.29, 1.82) is 0 Å². The van der Waals surface area contributed by atoms with Gasteiger partial charge in [0.2, 0.25) is 5.91 Å². The first-order valence-electron chi connectivity index (χ1n) is 28.1. The van der Waals surface area contributed by atoms with Crippen molar-refractivity contribution in [1.82, 2.24) is 5.32 Å². The van der Waals surface area contributed by atoms with E-state index in [0.29, 0.717) is 6.42 Å².